The summed E-state index contributed by atoms with van der Waals surface area (Å²) in [6.45, 7) is 3.71. The second-order valence-corrected chi connectivity index (χ2v) is 8.71. The first-order valence-electron chi connectivity index (χ1n) is 10.1. The molecule has 0 aromatic heterocycles. The van der Waals surface area contributed by atoms with E-state index in [4.69, 9.17) is 9.47 Å². The van der Waals surface area contributed by atoms with E-state index in [1.807, 2.05) is 0 Å². The Balaban J connectivity index is 1.83. The first-order chi connectivity index (χ1) is 15.8. The van der Waals surface area contributed by atoms with Gasteiger partial charge in [0.1, 0.15) is 34.5 Å². The lowest BCUT2D eigenvalue weighted by Gasteiger charge is -2.09. The second-order valence-electron chi connectivity index (χ2n) is 6.82. The Morgan fingerprint density at radius 3 is 2.55 bits per heavy atom. The molecule has 1 aliphatic rings. The fourth-order valence-corrected chi connectivity index (χ4v) is 4.34. The Hall–Kier alpha value is -2.91. The Labute approximate surface area is 203 Å². The maximum atomic E-state index is 13.0. The Morgan fingerprint density at radius 1 is 1.18 bits per heavy atom. The van der Waals surface area contributed by atoms with Gasteiger partial charge in [-0.3, -0.25) is 4.79 Å². The molecular weight excluding hydrogens is 513 g/mol. The lowest BCUT2D eigenvalue weighted by Crippen LogP contribution is -2.14. The van der Waals surface area contributed by atoms with E-state index in [2.05, 4.69) is 20.9 Å². The molecule has 0 radical (unpaired) electrons. The molecule has 6 nitrogen and oxygen atoms in total. The van der Waals surface area contributed by atoms with Crippen molar-refractivity contribution >= 4 is 50.7 Å². The van der Waals surface area contributed by atoms with Crippen LogP contribution in [0.15, 0.2) is 68.2 Å². The van der Waals surface area contributed by atoms with Crippen molar-refractivity contribution in [3.05, 3.63) is 80.1 Å². The molecule has 2 aromatic rings. The van der Waals surface area contributed by atoms with Gasteiger partial charge in [0.2, 0.25) is 5.91 Å². The van der Waals surface area contributed by atoms with Crippen LogP contribution in [0.1, 0.15) is 31.4 Å². The maximum Gasteiger partial charge on any atom is 0.344 e. The second kappa shape index (κ2) is 11.3. The van der Waals surface area contributed by atoms with Crippen LogP contribution < -0.4 is 4.74 Å². The van der Waals surface area contributed by atoms with Crippen LogP contribution in [0.25, 0.3) is 6.08 Å². The van der Waals surface area contributed by atoms with Crippen LogP contribution in [0.4, 0.5) is 4.39 Å². The molecular formula is C24H21BrFNO5S. The third-order valence-electron chi connectivity index (χ3n) is 4.46. The molecule has 33 heavy (non-hydrogen) atoms. The number of hydrogen-bond acceptors (Lipinski definition) is 6. The number of nitrogens with zero attached hydrogens (tertiary/aromatic N) is 1. The van der Waals surface area contributed by atoms with Crippen molar-refractivity contribution in [1.82, 2.24) is 0 Å². The van der Waals surface area contributed by atoms with Crippen molar-refractivity contribution in [2.24, 2.45) is 4.99 Å². The molecule has 0 spiro atoms. The zero-order valence-electron chi connectivity index (χ0n) is 17.9. The molecule has 1 aliphatic heterocycles. The van der Waals surface area contributed by atoms with E-state index in [1.54, 1.807) is 50.3 Å². The summed E-state index contributed by atoms with van der Waals surface area (Å²) in [5, 5.41) is 10.8. The average Bonchev–Trinajstić information content (AvgIpc) is 3.08. The van der Waals surface area contributed by atoms with Crippen LogP contribution >= 0.6 is 27.7 Å². The highest BCUT2D eigenvalue weighted by Gasteiger charge is 2.33. The van der Waals surface area contributed by atoms with Crippen molar-refractivity contribution < 1.29 is 28.6 Å². The molecule has 0 saturated carbocycles. The number of aliphatic hydroxyl groups excluding tert-OH is 1. The van der Waals surface area contributed by atoms with Gasteiger partial charge in [0.05, 0.1) is 16.0 Å². The monoisotopic (exact) mass is 533 g/mol. The minimum atomic E-state index is -0.737. The van der Waals surface area contributed by atoms with Gasteiger partial charge in [0.15, 0.2) is 0 Å². The molecule has 0 unspecified atom stereocenters. The predicted octanol–water partition coefficient (Wildman–Crippen LogP) is 5.97. The highest BCUT2D eigenvalue weighted by atomic mass is 79.9. The highest BCUT2D eigenvalue weighted by molar-refractivity contribution is 9.10. The van der Waals surface area contributed by atoms with Gasteiger partial charge >= 0.3 is 5.97 Å². The average molecular weight is 534 g/mol. The molecule has 0 atom stereocenters. The summed E-state index contributed by atoms with van der Waals surface area (Å²) in [5.74, 6) is -1.15. The van der Waals surface area contributed by atoms with E-state index < -0.39 is 11.9 Å². The highest BCUT2D eigenvalue weighted by Crippen LogP contribution is 2.40. The summed E-state index contributed by atoms with van der Waals surface area (Å²) in [6.07, 6.45) is 1.85. The van der Waals surface area contributed by atoms with E-state index in [0.29, 0.717) is 15.1 Å². The Bertz CT molecular complexity index is 1160. The largest absolute Gasteiger partial charge is 0.506 e. The molecule has 1 amide bonds. The number of rotatable bonds is 7. The number of benzene rings is 2. The van der Waals surface area contributed by atoms with Gasteiger partial charge in [-0.1, -0.05) is 36.9 Å². The zero-order valence-corrected chi connectivity index (χ0v) is 20.3. The third kappa shape index (κ3) is 6.33. The molecule has 2 aromatic carbocycles. The van der Waals surface area contributed by atoms with E-state index in [0.717, 1.165) is 22.9 Å². The normalized spacial score (nSPS) is 15.9. The number of carbonyl (C=O) groups excluding carboxylic acids is 2. The van der Waals surface area contributed by atoms with E-state index in [1.165, 1.54) is 12.1 Å². The van der Waals surface area contributed by atoms with Crippen molar-refractivity contribution in [3.63, 3.8) is 0 Å². The van der Waals surface area contributed by atoms with Crippen molar-refractivity contribution in [2.45, 2.75) is 26.9 Å². The Morgan fingerprint density at radius 2 is 1.91 bits per heavy atom. The van der Waals surface area contributed by atoms with Gasteiger partial charge in [-0.15, -0.1) is 0 Å². The van der Waals surface area contributed by atoms with Crippen LogP contribution in [0, 0.1) is 5.82 Å². The SMILES string of the molecule is CCOC(=O)C1=C(O)/C(=C/c2ccc(OCc3ccc(F)cc3)c(Br)c2)SC1=NC(=O)CC. The lowest BCUT2D eigenvalue weighted by atomic mass is 10.1. The minimum absolute atomic E-state index is 0.113. The molecule has 1 N–H and O–H groups in total. The number of aliphatic hydroxyl groups is 1. The number of aliphatic imine (C=N–C) groups is 1. The van der Waals surface area contributed by atoms with E-state index in [9.17, 15) is 19.1 Å². The van der Waals surface area contributed by atoms with Crippen LogP contribution in [-0.4, -0.2) is 28.6 Å². The first-order valence-corrected chi connectivity index (χ1v) is 11.7. The number of ether oxygens (including phenoxy) is 2. The number of amides is 1. The maximum absolute atomic E-state index is 13.0. The van der Waals surface area contributed by atoms with Crippen LogP contribution in [0.2, 0.25) is 0 Å². The summed E-state index contributed by atoms with van der Waals surface area (Å²) in [5.41, 5.74) is 1.43. The smallest absolute Gasteiger partial charge is 0.344 e. The summed E-state index contributed by atoms with van der Waals surface area (Å²) < 4.78 is 24.5. The molecule has 3 rings (SSSR count). The van der Waals surface area contributed by atoms with Gasteiger partial charge in [0, 0.05) is 6.42 Å². The van der Waals surface area contributed by atoms with Crippen molar-refractivity contribution in [1.29, 1.82) is 0 Å². The number of carbonyl (C=O) groups is 2. The van der Waals surface area contributed by atoms with Crippen LogP contribution in [0.3, 0.4) is 0 Å². The number of esters is 1. The summed E-state index contributed by atoms with van der Waals surface area (Å²) >= 11 is 4.49. The predicted molar refractivity (Wildman–Crippen MR) is 129 cm³/mol. The van der Waals surface area contributed by atoms with Gasteiger partial charge < -0.3 is 14.6 Å². The van der Waals surface area contributed by atoms with Crippen molar-refractivity contribution in [2.75, 3.05) is 6.61 Å². The molecule has 0 fully saturated rings. The molecule has 172 valence electrons. The quantitative estimate of drug-likeness (QED) is 0.441. The minimum Gasteiger partial charge on any atom is -0.506 e. The summed E-state index contributed by atoms with van der Waals surface area (Å²) in [6, 6.07) is 11.4. The third-order valence-corrected chi connectivity index (χ3v) is 6.10. The number of thioether (sulfide) groups is 1. The van der Waals surface area contributed by atoms with E-state index in [-0.39, 0.29) is 41.8 Å². The number of halogens is 2. The Kier molecular flexibility index (Phi) is 8.46. The van der Waals surface area contributed by atoms with Gasteiger partial charge in [-0.2, -0.15) is 0 Å². The first kappa shape index (κ1) is 24.7. The zero-order chi connectivity index (χ0) is 24.0. The summed E-state index contributed by atoms with van der Waals surface area (Å²) in [7, 11) is 0. The molecule has 1 heterocycles. The molecule has 0 aliphatic carbocycles. The lowest BCUT2D eigenvalue weighted by molar-refractivity contribution is -0.138. The van der Waals surface area contributed by atoms with Crippen LogP contribution in [0.5, 0.6) is 5.75 Å². The molecule has 9 heteroatoms. The van der Waals surface area contributed by atoms with Crippen LogP contribution in [-0.2, 0) is 20.9 Å². The molecule has 0 saturated heterocycles. The fraction of sp³-hybridized carbons (Fsp3) is 0.208. The topological polar surface area (TPSA) is 85.2 Å². The fourth-order valence-electron chi connectivity index (χ4n) is 2.80. The summed E-state index contributed by atoms with van der Waals surface area (Å²) in [4.78, 5) is 28.4. The van der Waals surface area contributed by atoms with Crippen molar-refractivity contribution in [3.8, 4) is 5.75 Å². The van der Waals surface area contributed by atoms with Gasteiger partial charge in [0.25, 0.3) is 0 Å². The standard InChI is InChI=1S/C24H21BrFNO5S/c1-3-20(28)27-23-21(24(30)31-4-2)22(29)19(33-23)12-15-7-10-18(17(25)11-15)32-13-14-5-8-16(26)9-6-14/h5-12,29H,3-4,13H2,1-2H3/b19-12-,27-23?. The molecule has 0 bridgehead atoms. The number of hydrogen-bond donors (Lipinski definition) is 1. The van der Waals surface area contributed by atoms with E-state index >= 15 is 0 Å². The van der Waals surface area contributed by atoms with Gasteiger partial charge in [-0.05, 0) is 64.3 Å². The van der Waals surface area contributed by atoms with Gasteiger partial charge in [-0.25, -0.2) is 14.2 Å².